The van der Waals surface area contributed by atoms with E-state index >= 15 is 0 Å². The minimum atomic E-state index is -0.0372. The Hall–Kier alpha value is -2.17. The van der Waals surface area contributed by atoms with Crippen LogP contribution >= 0.6 is 11.6 Å². The molecule has 1 aromatic carbocycles. The lowest BCUT2D eigenvalue weighted by atomic mass is 10.2. The first-order valence-electron chi connectivity index (χ1n) is 6.47. The molecule has 0 bridgehead atoms. The molecule has 1 N–H and O–H groups in total. The molecule has 5 heteroatoms. The lowest BCUT2D eigenvalue weighted by Crippen LogP contribution is -1.96. The van der Waals surface area contributed by atoms with E-state index in [2.05, 4.69) is 9.97 Å². The smallest absolute Gasteiger partial charge is 0.219 e. The fourth-order valence-electron chi connectivity index (χ4n) is 2.10. The van der Waals surface area contributed by atoms with Crippen molar-refractivity contribution in [3.63, 3.8) is 0 Å². The number of aromatic nitrogens is 2. The first kappa shape index (κ1) is 13.8. The maximum Gasteiger partial charge on any atom is 0.219 e. The zero-order valence-electron chi connectivity index (χ0n) is 11.4. The van der Waals surface area contributed by atoms with Gasteiger partial charge in [-0.2, -0.15) is 0 Å². The topological polar surface area (TPSA) is 55.2 Å². The molecule has 2 heterocycles. The average Bonchev–Trinajstić information content (AvgIpc) is 2.51. The lowest BCUT2D eigenvalue weighted by Gasteiger charge is -2.10. The number of rotatable bonds is 3. The van der Waals surface area contributed by atoms with Gasteiger partial charge in [-0.25, -0.2) is 4.98 Å². The molecule has 0 unspecified atom stereocenters. The predicted molar refractivity (Wildman–Crippen MR) is 81.7 cm³/mol. The Kier molecular flexibility index (Phi) is 3.73. The van der Waals surface area contributed by atoms with Gasteiger partial charge in [0.2, 0.25) is 5.88 Å². The van der Waals surface area contributed by atoms with Crippen molar-refractivity contribution in [1.82, 2.24) is 9.97 Å². The van der Waals surface area contributed by atoms with Gasteiger partial charge in [0, 0.05) is 23.3 Å². The quantitative estimate of drug-likeness (QED) is 0.797. The summed E-state index contributed by atoms with van der Waals surface area (Å²) in [6.07, 6.45) is 1.69. The van der Waals surface area contributed by atoms with Crippen molar-refractivity contribution in [2.45, 2.75) is 13.5 Å². The monoisotopic (exact) mass is 300 g/mol. The molecule has 0 aliphatic rings. The summed E-state index contributed by atoms with van der Waals surface area (Å²) < 4.78 is 5.81. The number of aryl methyl sites for hydroxylation is 1. The van der Waals surface area contributed by atoms with Crippen molar-refractivity contribution in [3.05, 3.63) is 58.9 Å². The Morgan fingerprint density at radius 2 is 2.05 bits per heavy atom. The van der Waals surface area contributed by atoms with Crippen molar-refractivity contribution in [3.8, 4) is 11.6 Å². The highest BCUT2D eigenvalue weighted by Gasteiger charge is 2.09. The Morgan fingerprint density at radius 3 is 2.81 bits per heavy atom. The van der Waals surface area contributed by atoms with Gasteiger partial charge < -0.3 is 9.84 Å². The highest BCUT2D eigenvalue weighted by molar-refractivity contribution is 6.35. The molecule has 0 amide bonds. The van der Waals surface area contributed by atoms with E-state index in [0.29, 0.717) is 22.2 Å². The van der Waals surface area contributed by atoms with Gasteiger partial charge in [0.15, 0.2) is 5.75 Å². The van der Waals surface area contributed by atoms with Crippen LogP contribution in [0, 0.1) is 6.92 Å². The van der Waals surface area contributed by atoms with E-state index in [1.165, 1.54) is 0 Å². The van der Waals surface area contributed by atoms with Gasteiger partial charge in [-0.05, 0) is 42.8 Å². The zero-order valence-corrected chi connectivity index (χ0v) is 12.1. The first-order chi connectivity index (χ1) is 10.2. The molecule has 0 aliphatic heterocycles. The second-order valence-corrected chi connectivity index (χ2v) is 5.01. The van der Waals surface area contributed by atoms with Gasteiger partial charge in [0.1, 0.15) is 5.52 Å². The van der Waals surface area contributed by atoms with E-state index in [0.717, 1.165) is 16.6 Å². The molecule has 3 rings (SSSR count). The SMILES string of the molecule is Cc1nc(Oc2ccc(Cl)c3cccnc23)ccc1CO. The highest BCUT2D eigenvalue weighted by atomic mass is 35.5. The number of hydrogen-bond acceptors (Lipinski definition) is 4. The van der Waals surface area contributed by atoms with Crippen LogP contribution in [0.3, 0.4) is 0 Å². The second-order valence-electron chi connectivity index (χ2n) is 4.60. The van der Waals surface area contributed by atoms with E-state index in [1.54, 1.807) is 30.5 Å². The Bertz CT molecular complexity index is 805. The molecule has 0 saturated carbocycles. The van der Waals surface area contributed by atoms with Crippen molar-refractivity contribution >= 4 is 22.5 Å². The number of fused-ring (bicyclic) bond motifs is 1. The van der Waals surface area contributed by atoms with Crippen LogP contribution < -0.4 is 4.74 Å². The summed E-state index contributed by atoms with van der Waals surface area (Å²) in [5, 5.41) is 10.6. The largest absolute Gasteiger partial charge is 0.437 e. The molecule has 4 nitrogen and oxygen atoms in total. The molecule has 0 atom stereocenters. The average molecular weight is 301 g/mol. The maximum absolute atomic E-state index is 9.17. The van der Waals surface area contributed by atoms with Crippen molar-refractivity contribution in [2.75, 3.05) is 0 Å². The van der Waals surface area contributed by atoms with Crippen molar-refractivity contribution in [2.24, 2.45) is 0 Å². The number of nitrogens with zero attached hydrogens (tertiary/aromatic N) is 2. The van der Waals surface area contributed by atoms with Crippen LogP contribution in [0.2, 0.25) is 5.02 Å². The van der Waals surface area contributed by atoms with Crippen LogP contribution in [0.5, 0.6) is 11.6 Å². The lowest BCUT2D eigenvalue weighted by molar-refractivity contribution is 0.280. The van der Waals surface area contributed by atoms with E-state index in [1.807, 2.05) is 19.1 Å². The third-order valence-corrected chi connectivity index (χ3v) is 3.56. The van der Waals surface area contributed by atoms with Gasteiger partial charge in [-0.1, -0.05) is 11.6 Å². The fourth-order valence-corrected chi connectivity index (χ4v) is 2.31. The highest BCUT2D eigenvalue weighted by Crippen LogP contribution is 2.32. The van der Waals surface area contributed by atoms with E-state index in [9.17, 15) is 0 Å². The van der Waals surface area contributed by atoms with Crippen molar-refractivity contribution < 1.29 is 9.84 Å². The van der Waals surface area contributed by atoms with Gasteiger partial charge in [-0.15, -0.1) is 0 Å². The summed E-state index contributed by atoms with van der Waals surface area (Å²) in [6, 6.07) is 10.8. The molecular weight excluding hydrogens is 288 g/mol. The van der Waals surface area contributed by atoms with Gasteiger partial charge >= 0.3 is 0 Å². The third-order valence-electron chi connectivity index (χ3n) is 3.23. The molecule has 106 valence electrons. The van der Waals surface area contributed by atoms with Crippen LogP contribution in [0.25, 0.3) is 10.9 Å². The zero-order chi connectivity index (χ0) is 14.8. The molecule has 0 spiro atoms. The Balaban J connectivity index is 2.02. The summed E-state index contributed by atoms with van der Waals surface area (Å²) >= 11 is 6.16. The number of aliphatic hydroxyl groups excluding tert-OH is 1. The summed E-state index contributed by atoms with van der Waals surface area (Å²) in [5.74, 6) is 1.05. The predicted octanol–water partition coefficient (Wildman–Crippen LogP) is 3.88. The van der Waals surface area contributed by atoms with Gasteiger partial charge in [0.25, 0.3) is 0 Å². The Labute approximate surface area is 127 Å². The van der Waals surface area contributed by atoms with Crippen LogP contribution in [0.1, 0.15) is 11.3 Å². The molecule has 3 aromatic rings. The third kappa shape index (κ3) is 2.68. The van der Waals surface area contributed by atoms with Gasteiger partial charge in [0.05, 0.1) is 11.6 Å². The molecular formula is C16H13ClN2O2. The van der Waals surface area contributed by atoms with Crippen LogP contribution in [-0.2, 0) is 6.61 Å². The second kappa shape index (κ2) is 5.68. The van der Waals surface area contributed by atoms with Crippen LogP contribution in [-0.4, -0.2) is 15.1 Å². The van der Waals surface area contributed by atoms with E-state index in [4.69, 9.17) is 21.4 Å². The van der Waals surface area contributed by atoms with Gasteiger partial charge in [-0.3, -0.25) is 4.98 Å². The summed E-state index contributed by atoms with van der Waals surface area (Å²) in [5.41, 5.74) is 2.21. The number of aliphatic hydroxyl groups is 1. The molecule has 0 radical (unpaired) electrons. The first-order valence-corrected chi connectivity index (χ1v) is 6.85. The number of ether oxygens (including phenoxy) is 1. The molecule has 0 fully saturated rings. The van der Waals surface area contributed by atoms with Crippen molar-refractivity contribution in [1.29, 1.82) is 0 Å². The molecule has 0 aliphatic carbocycles. The summed E-state index contributed by atoms with van der Waals surface area (Å²) in [4.78, 5) is 8.64. The number of pyridine rings is 2. The molecule has 0 saturated heterocycles. The number of hydrogen-bond donors (Lipinski definition) is 1. The normalized spacial score (nSPS) is 10.8. The number of halogens is 1. The molecule has 2 aromatic heterocycles. The Morgan fingerprint density at radius 1 is 1.19 bits per heavy atom. The van der Waals surface area contributed by atoms with E-state index in [-0.39, 0.29) is 6.61 Å². The van der Waals surface area contributed by atoms with Crippen LogP contribution in [0.4, 0.5) is 0 Å². The fraction of sp³-hybridized carbons (Fsp3) is 0.125. The molecule has 21 heavy (non-hydrogen) atoms. The standard InChI is InChI=1S/C16H13ClN2O2/c1-10-11(9-20)4-7-15(19-10)21-14-6-5-13(17)12-3-2-8-18-16(12)14/h2-8,20H,9H2,1H3. The number of benzene rings is 1. The summed E-state index contributed by atoms with van der Waals surface area (Å²) in [6.45, 7) is 1.79. The van der Waals surface area contributed by atoms with E-state index < -0.39 is 0 Å². The van der Waals surface area contributed by atoms with Crippen LogP contribution in [0.15, 0.2) is 42.6 Å². The maximum atomic E-state index is 9.17. The minimum absolute atomic E-state index is 0.0372. The minimum Gasteiger partial charge on any atom is -0.437 e. The summed E-state index contributed by atoms with van der Waals surface area (Å²) in [7, 11) is 0.